The van der Waals surface area contributed by atoms with Crippen LogP contribution in [-0.4, -0.2) is 113 Å². The Morgan fingerprint density at radius 3 is 0.595 bits per heavy atom. The second kappa shape index (κ2) is 16.2. The van der Waals surface area contributed by atoms with Crippen molar-refractivity contribution in [3.8, 4) is 0 Å². The summed E-state index contributed by atoms with van der Waals surface area (Å²) in [6.07, 6.45) is 6.49. The fourth-order valence-corrected chi connectivity index (χ4v) is 11.8. The van der Waals surface area contributed by atoms with Gasteiger partial charge in [-0.15, -0.1) is 0 Å². The van der Waals surface area contributed by atoms with Crippen LogP contribution in [0.2, 0.25) is 0 Å². The molecule has 12 rings (SSSR count). The molecule has 6 aliphatic heterocycles. The fourth-order valence-electron chi connectivity index (χ4n) is 11.8. The summed E-state index contributed by atoms with van der Waals surface area (Å²) in [5, 5.41) is 1.52. The summed E-state index contributed by atoms with van der Waals surface area (Å²) >= 11 is 0. The molecule has 18 nitrogen and oxygen atoms in total. The van der Waals surface area contributed by atoms with Crippen LogP contribution in [0.5, 0.6) is 0 Å². The lowest BCUT2D eigenvalue weighted by Crippen LogP contribution is -2.59. The van der Waals surface area contributed by atoms with E-state index in [9.17, 15) is 57.5 Å². The van der Waals surface area contributed by atoms with Crippen LogP contribution in [-0.2, 0) is 0 Å². The number of hydrogen-bond donors (Lipinski definition) is 0. The summed E-state index contributed by atoms with van der Waals surface area (Å²) in [7, 11) is 0. The van der Waals surface area contributed by atoms with Crippen molar-refractivity contribution >= 4 is 103 Å². The number of nitrogens with zero attached hydrogens (tertiary/aromatic N) is 6. The number of imide groups is 6. The number of hydrogen-bond acceptors (Lipinski definition) is 12. The smallest absolute Gasteiger partial charge is 0.272 e. The largest absolute Gasteiger partial charge is 0.281 e. The first-order valence-electron chi connectivity index (χ1n) is 24.6. The van der Waals surface area contributed by atoms with Gasteiger partial charge in [0.25, 0.3) is 70.9 Å². The van der Waals surface area contributed by atoms with Gasteiger partial charge in [-0.2, -0.15) is 20.0 Å². The Kier molecular flexibility index (Phi) is 10.1. The van der Waals surface area contributed by atoms with Crippen molar-refractivity contribution < 1.29 is 57.5 Å². The Bertz CT molecular complexity index is 3380. The average Bonchev–Trinajstić information content (AvgIpc) is 3.40. The minimum Gasteiger partial charge on any atom is -0.272 e. The molecular weight excluding hydrogens is 949 g/mol. The zero-order valence-electron chi connectivity index (χ0n) is 40.3. The maximum atomic E-state index is 14.7. The third kappa shape index (κ3) is 5.86. The normalized spacial score (nSPS) is 17.7. The van der Waals surface area contributed by atoms with Gasteiger partial charge in [0.15, 0.2) is 0 Å². The minimum absolute atomic E-state index is 0.0258. The van der Waals surface area contributed by atoms with E-state index in [-0.39, 0.29) is 99.1 Å². The van der Waals surface area contributed by atoms with Crippen molar-refractivity contribution in [2.24, 2.45) is 0 Å². The molecule has 6 aromatic rings. The summed E-state index contributed by atoms with van der Waals surface area (Å²) in [4.78, 5) is 175. The molecule has 0 radical (unpaired) electrons. The Hall–Kier alpha value is -9.06. The molecule has 6 aliphatic rings. The highest BCUT2D eigenvalue weighted by molar-refractivity contribution is 6.39. The lowest BCUT2D eigenvalue weighted by molar-refractivity contribution is 0.00168. The summed E-state index contributed by atoms with van der Waals surface area (Å²) in [5.41, 5.74) is -1.25. The molecule has 12 amide bonds. The highest BCUT2D eigenvalue weighted by Gasteiger charge is 2.51. The Labute approximate surface area is 419 Å². The second-order valence-electron chi connectivity index (χ2n) is 19.6. The number of carbonyl (C=O) groups is 12. The van der Waals surface area contributed by atoms with Crippen LogP contribution in [0.25, 0.3) is 32.3 Å². The van der Waals surface area contributed by atoms with Gasteiger partial charge in [0, 0.05) is 66.7 Å². The van der Waals surface area contributed by atoms with Crippen molar-refractivity contribution in [3.63, 3.8) is 0 Å². The molecular formula is C56H42N6O12. The topological polar surface area (TPSA) is 224 Å². The van der Waals surface area contributed by atoms with E-state index in [1.807, 2.05) is 13.8 Å². The van der Waals surface area contributed by atoms with Crippen molar-refractivity contribution in [3.05, 3.63) is 140 Å². The Balaban J connectivity index is 0.869. The molecule has 18 heteroatoms. The van der Waals surface area contributed by atoms with Gasteiger partial charge in [-0.1, -0.05) is 52.4 Å². The average molecular weight is 991 g/mol. The minimum atomic E-state index is -1.16. The molecule has 74 heavy (non-hydrogen) atoms. The zero-order valence-corrected chi connectivity index (χ0v) is 40.3. The van der Waals surface area contributed by atoms with Crippen molar-refractivity contribution in [1.29, 1.82) is 0 Å². The standard InChI is InChI=1S/C56H42N6O12/c1-5-7-9-11-25(3)57-45(63)27-13-17-31-41-32(18-14-28(39(27)41)46(57)64)50(68)59(49(31)67)61-53(71)35-21-23-37-44-38(24-22-36(43(35)44)54(61)72)56(74)62(55(37)73)60-51(69)33-19-15-29-40-30(16-20-34(42(33)40)52(60)70)48(66)58(47(29)65)26(4)12-10-8-6-2/h13-26H,5-12H2,1-4H3. The van der Waals surface area contributed by atoms with E-state index < -0.39 is 83.0 Å². The van der Waals surface area contributed by atoms with E-state index in [0.717, 1.165) is 38.5 Å². The molecule has 0 N–H and O–H groups in total. The number of amides is 12. The van der Waals surface area contributed by atoms with E-state index in [0.29, 0.717) is 32.9 Å². The van der Waals surface area contributed by atoms with Gasteiger partial charge in [0.1, 0.15) is 0 Å². The molecule has 0 aliphatic carbocycles. The summed E-state index contributed by atoms with van der Waals surface area (Å²) in [6.45, 7) is 7.67. The third-order valence-electron chi connectivity index (χ3n) is 15.4. The van der Waals surface area contributed by atoms with E-state index in [4.69, 9.17) is 0 Å². The quantitative estimate of drug-likeness (QED) is 0.0843. The highest BCUT2D eigenvalue weighted by Crippen LogP contribution is 2.45. The van der Waals surface area contributed by atoms with Gasteiger partial charge in [0.2, 0.25) is 0 Å². The predicted molar refractivity (Wildman–Crippen MR) is 262 cm³/mol. The van der Waals surface area contributed by atoms with E-state index in [1.54, 1.807) is 13.8 Å². The van der Waals surface area contributed by atoms with Gasteiger partial charge in [-0.3, -0.25) is 67.3 Å². The highest BCUT2D eigenvalue weighted by atomic mass is 16.2. The Morgan fingerprint density at radius 1 is 0.270 bits per heavy atom. The molecule has 0 bridgehead atoms. The molecule has 6 heterocycles. The van der Waals surface area contributed by atoms with Crippen LogP contribution in [0.15, 0.2) is 72.8 Å². The SMILES string of the molecule is CCCCCC(C)N1C(=O)c2ccc3c4c(ccc(c24)C1=O)C(=O)N(N1C(=O)c2ccc4c5c(ccc(c25)C1=O)C(=O)N(N1C(=O)c2ccc5c6c(ccc(c26)C1=O)C(=O)N(C(C)CCCCC)C5=O)C4=O)C3=O. The molecule has 0 saturated heterocycles. The van der Waals surface area contributed by atoms with Crippen LogP contribution in [0.4, 0.5) is 0 Å². The van der Waals surface area contributed by atoms with Crippen LogP contribution >= 0.6 is 0 Å². The molecule has 0 fully saturated rings. The maximum absolute atomic E-state index is 14.7. The van der Waals surface area contributed by atoms with E-state index >= 15 is 0 Å². The summed E-state index contributed by atoms with van der Waals surface area (Å²) < 4.78 is 0. The molecule has 2 atom stereocenters. The second-order valence-corrected chi connectivity index (χ2v) is 19.6. The molecule has 2 unspecified atom stereocenters. The molecule has 0 saturated carbocycles. The van der Waals surface area contributed by atoms with Gasteiger partial charge in [0.05, 0.1) is 44.5 Å². The Morgan fingerprint density at radius 2 is 0.432 bits per heavy atom. The van der Waals surface area contributed by atoms with Gasteiger partial charge in [-0.25, -0.2) is 0 Å². The van der Waals surface area contributed by atoms with Crippen LogP contribution in [0.1, 0.15) is 203 Å². The number of unbranched alkanes of at least 4 members (excludes halogenated alkanes) is 4. The third-order valence-corrected chi connectivity index (χ3v) is 15.4. The molecule has 6 aromatic carbocycles. The molecule has 0 spiro atoms. The van der Waals surface area contributed by atoms with Gasteiger partial charge < -0.3 is 0 Å². The van der Waals surface area contributed by atoms with E-state index in [2.05, 4.69) is 0 Å². The lowest BCUT2D eigenvalue weighted by atomic mass is 9.85. The first kappa shape index (κ1) is 46.0. The fraction of sp³-hybridized carbons (Fsp3) is 0.250. The van der Waals surface area contributed by atoms with Crippen LogP contribution in [0, 0.1) is 0 Å². The van der Waals surface area contributed by atoms with Gasteiger partial charge >= 0.3 is 0 Å². The van der Waals surface area contributed by atoms with Crippen molar-refractivity contribution in [1.82, 2.24) is 29.8 Å². The monoisotopic (exact) mass is 990 g/mol. The summed E-state index contributed by atoms with van der Waals surface area (Å²) in [6, 6.07) is 14.6. The molecule has 0 aromatic heterocycles. The van der Waals surface area contributed by atoms with Crippen LogP contribution < -0.4 is 0 Å². The lowest BCUT2D eigenvalue weighted by Gasteiger charge is -2.39. The number of hydrazine groups is 2. The van der Waals surface area contributed by atoms with Crippen LogP contribution in [0.3, 0.4) is 0 Å². The van der Waals surface area contributed by atoms with Gasteiger partial charge in [-0.05, 0) is 99.5 Å². The predicted octanol–water partition coefficient (Wildman–Crippen LogP) is 7.89. The maximum Gasteiger partial charge on any atom is 0.281 e. The van der Waals surface area contributed by atoms with Crippen molar-refractivity contribution in [2.45, 2.75) is 91.1 Å². The van der Waals surface area contributed by atoms with E-state index in [1.165, 1.54) is 82.6 Å². The first-order valence-corrected chi connectivity index (χ1v) is 24.6. The summed E-state index contributed by atoms with van der Waals surface area (Å²) in [5.74, 6) is -11.3. The molecule has 368 valence electrons. The number of rotatable bonds is 12. The number of carbonyl (C=O) groups excluding carboxylic acids is 12. The first-order chi connectivity index (χ1) is 35.5. The zero-order chi connectivity index (χ0) is 52.1. The van der Waals surface area contributed by atoms with Crippen molar-refractivity contribution in [2.75, 3.05) is 0 Å². The number of benzene rings is 6.